The number of hydrogen-bond donors (Lipinski definition) is 0. The topological polar surface area (TPSA) is 79.4 Å². The number of hydrogen-bond acceptors (Lipinski definition) is 5. The molecule has 8 nitrogen and oxygen atoms in total. The maximum Gasteiger partial charge on any atom is 0.227 e. The van der Waals surface area contributed by atoms with Crippen molar-refractivity contribution in [1.29, 1.82) is 0 Å². The molecular formula is C26H37N3O5. The van der Waals surface area contributed by atoms with Gasteiger partial charge in [0, 0.05) is 51.6 Å². The van der Waals surface area contributed by atoms with Gasteiger partial charge < -0.3 is 24.2 Å². The number of methoxy groups -OCH3 is 2. The summed E-state index contributed by atoms with van der Waals surface area (Å²) in [6.45, 7) is 4.02. The van der Waals surface area contributed by atoms with Gasteiger partial charge in [0.1, 0.15) is 0 Å². The number of carbonyl (C=O) groups excluding carboxylic acids is 3. The Morgan fingerprint density at radius 1 is 0.882 bits per heavy atom. The number of ether oxygens (including phenoxy) is 2. The first-order chi connectivity index (χ1) is 16.5. The van der Waals surface area contributed by atoms with E-state index in [1.807, 2.05) is 28.0 Å². The van der Waals surface area contributed by atoms with Gasteiger partial charge in [-0.1, -0.05) is 6.07 Å². The second-order valence-corrected chi connectivity index (χ2v) is 9.67. The van der Waals surface area contributed by atoms with Crippen LogP contribution < -0.4 is 9.47 Å². The first-order valence-electron chi connectivity index (χ1n) is 12.6. The van der Waals surface area contributed by atoms with Crippen molar-refractivity contribution in [1.82, 2.24) is 14.7 Å². The standard InChI is InChI=1S/C26H37N3O5/c1-33-22-7-6-19(16-23(22)34-2)8-13-29-18-21(17-24(29)30)26(32)28-14-9-20(10-15-28)25(31)27-11-4-3-5-12-27/h6-7,16,20-21H,3-5,8-15,17-18H2,1-2H3. The SMILES string of the molecule is COc1ccc(CCN2CC(C(=O)N3CCC(C(=O)N4CCCCC4)CC3)CC2=O)cc1OC. The van der Waals surface area contributed by atoms with Crippen LogP contribution in [-0.4, -0.2) is 85.9 Å². The van der Waals surface area contributed by atoms with Crippen LogP contribution in [-0.2, 0) is 20.8 Å². The molecule has 3 heterocycles. The van der Waals surface area contributed by atoms with E-state index in [1.165, 1.54) is 6.42 Å². The predicted octanol–water partition coefficient (Wildman–Crippen LogP) is 2.35. The predicted molar refractivity (Wildman–Crippen MR) is 128 cm³/mol. The van der Waals surface area contributed by atoms with Crippen molar-refractivity contribution >= 4 is 17.7 Å². The van der Waals surface area contributed by atoms with E-state index in [1.54, 1.807) is 19.1 Å². The van der Waals surface area contributed by atoms with Crippen molar-refractivity contribution in [2.75, 3.05) is 53.5 Å². The van der Waals surface area contributed by atoms with Crippen LogP contribution in [0.4, 0.5) is 0 Å². The van der Waals surface area contributed by atoms with Gasteiger partial charge in [-0.2, -0.15) is 0 Å². The molecule has 1 aromatic carbocycles. The number of benzene rings is 1. The van der Waals surface area contributed by atoms with E-state index in [0.29, 0.717) is 44.1 Å². The Morgan fingerprint density at radius 2 is 1.53 bits per heavy atom. The van der Waals surface area contributed by atoms with Crippen molar-refractivity contribution in [3.63, 3.8) is 0 Å². The fourth-order valence-corrected chi connectivity index (χ4v) is 5.43. The normalized spacial score (nSPS) is 21.6. The molecule has 3 saturated heterocycles. The molecule has 186 valence electrons. The molecule has 0 spiro atoms. The van der Waals surface area contributed by atoms with Crippen LogP contribution in [0.2, 0.25) is 0 Å². The van der Waals surface area contributed by atoms with Crippen LogP contribution in [0, 0.1) is 11.8 Å². The van der Waals surface area contributed by atoms with Crippen molar-refractivity contribution in [2.24, 2.45) is 11.8 Å². The molecule has 3 aliphatic rings. The highest BCUT2D eigenvalue weighted by molar-refractivity contribution is 5.89. The van der Waals surface area contributed by atoms with Gasteiger partial charge in [-0.05, 0) is 56.2 Å². The fraction of sp³-hybridized carbons (Fsp3) is 0.654. The van der Waals surface area contributed by atoms with E-state index in [9.17, 15) is 14.4 Å². The largest absolute Gasteiger partial charge is 0.493 e. The van der Waals surface area contributed by atoms with E-state index in [0.717, 1.165) is 44.3 Å². The highest BCUT2D eigenvalue weighted by atomic mass is 16.5. The Morgan fingerprint density at radius 3 is 2.21 bits per heavy atom. The number of rotatable bonds is 7. The minimum atomic E-state index is -0.285. The number of carbonyl (C=O) groups is 3. The van der Waals surface area contributed by atoms with Crippen molar-refractivity contribution in [3.05, 3.63) is 23.8 Å². The molecule has 0 radical (unpaired) electrons. The third-order valence-electron chi connectivity index (χ3n) is 7.51. The summed E-state index contributed by atoms with van der Waals surface area (Å²) >= 11 is 0. The number of piperidine rings is 2. The van der Waals surface area contributed by atoms with Gasteiger partial charge in [0.05, 0.1) is 20.1 Å². The monoisotopic (exact) mass is 471 g/mol. The van der Waals surface area contributed by atoms with Crippen LogP contribution >= 0.6 is 0 Å². The Kier molecular flexibility index (Phi) is 7.95. The minimum Gasteiger partial charge on any atom is -0.493 e. The first kappa shape index (κ1) is 24.4. The van der Waals surface area contributed by atoms with Gasteiger partial charge in [0.2, 0.25) is 17.7 Å². The molecule has 1 unspecified atom stereocenters. The molecule has 34 heavy (non-hydrogen) atoms. The molecule has 8 heteroatoms. The van der Waals surface area contributed by atoms with Crippen molar-refractivity contribution in [3.8, 4) is 11.5 Å². The van der Waals surface area contributed by atoms with E-state index in [-0.39, 0.29) is 36.0 Å². The van der Waals surface area contributed by atoms with Gasteiger partial charge >= 0.3 is 0 Å². The molecule has 0 bridgehead atoms. The summed E-state index contributed by atoms with van der Waals surface area (Å²) in [7, 11) is 3.21. The maximum absolute atomic E-state index is 13.1. The lowest BCUT2D eigenvalue weighted by atomic mass is 9.93. The summed E-state index contributed by atoms with van der Waals surface area (Å²) in [4.78, 5) is 44.2. The quantitative estimate of drug-likeness (QED) is 0.610. The third-order valence-corrected chi connectivity index (χ3v) is 7.51. The molecule has 0 saturated carbocycles. The van der Waals surface area contributed by atoms with Crippen LogP contribution in [0.3, 0.4) is 0 Å². The van der Waals surface area contributed by atoms with Gasteiger partial charge in [0.25, 0.3) is 0 Å². The molecule has 4 rings (SSSR count). The Balaban J connectivity index is 1.25. The fourth-order valence-electron chi connectivity index (χ4n) is 5.43. The van der Waals surface area contributed by atoms with E-state index < -0.39 is 0 Å². The van der Waals surface area contributed by atoms with Crippen LogP contribution in [0.25, 0.3) is 0 Å². The average Bonchev–Trinajstić information content (AvgIpc) is 3.27. The van der Waals surface area contributed by atoms with E-state index >= 15 is 0 Å². The van der Waals surface area contributed by atoms with E-state index in [2.05, 4.69) is 0 Å². The zero-order valence-corrected chi connectivity index (χ0v) is 20.5. The van der Waals surface area contributed by atoms with Crippen molar-refractivity contribution < 1.29 is 23.9 Å². The van der Waals surface area contributed by atoms with E-state index in [4.69, 9.17) is 9.47 Å². The van der Waals surface area contributed by atoms with Gasteiger partial charge in [-0.25, -0.2) is 0 Å². The number of likely N-dealkylation sites (tertiary alicyclic amines) is 3. The zero-order chi connectivity index (χ0) is 24.1. The maximum atomic E-state index is 13.1. The summed E-state index contributed by atoms with van der Waals surface area (Å²) in [5.74, 6) is 1.46. The second-order valence-electron chi connectivity index (χ2n) is 9.67. The summed E-state index contributed by atoms with van der Waals surface area (Å²) in [6, 6.07) is 5.77. The molecule has 3 fully saturated rings. The summed E-state index contributed by atoms with van der Waals surface area (Å²) in [5.41, 5.74) is 1.06. The summed E-state index contributed by atoms with van der Waals surface area (Å²) in [6.07, 6.45) is 5.83. The van der Waals surface area contributed by atoms with Crippen LogP contribution in [0.15, 0.2) is 18.2 Å². The van der Waals surface area contributed by atoms with Crippen LogP contribution in [0.5, 0.6) is 11.5 Å². The molecule has 0 aliphatic carbocycles. The first-order valence-corrected chi connectivity index (χ1v) is 12.6. The highest BCUT2D eigenvalue weighted by Gasteiger charge is 2.38. The van der Waals surface area contributed by atoms with Gasteiger partial charge in [-0.15, -0.1) is 0 Å². The number of nitrogens with zero attached hydrogens (tertiary/aromatic N) is 3. The van der Waals surface area contributed by atoms with Crippen LogP contribution in [0.1, 0.15) is 44.1 Å². The Hall–Kier alpha value is -2.77. The third kappa shape index (κ3) is 5.47. The van der Waals surface area contributed by atoms with Gasteiger partial charge in [0.15, 0.2) is 11.5 Å². The van der Waals surface area contributed by atoms with Crippen molar-refractivity contribution in [2.45, 2.75) is 44.9 Å². The highest BCUT2D eigenvalue weighted by Crippen LogP contribution is 2.29. The Bertz CT molecular complexity index is 890. The lowest BCUT2D eigenvalue weighted by molar-refractivity contribution is -0.143. The van der Waals surface area contributed by atoms with Gasteiger partial charge in [-0.3, -0.25) is 14.4 Å². The lowest BCUT2D eigenvalue weighted by Gasteiger charge is -2.36. The zero-order valence-electron chi connectivity index (χ0n) is 20.5. The summed E-state index contributed by atoms with van der Waals surface area (Å²) < 4.78 is 10.6. The molecule has 1 atom stereocenters. The molecule has 0 N–H and O–H groups in total. The molecule has 0 aromatic heterocycles. The molecule has 3 amide bonds. The summed E-state index contributed by atoms with van der Waals surface area (Å²) in [5, 5.41) is 0. The lowest BCUT2D eigenvalue weighted by Crippen LogP contribution is -2.47. The molecule has 1 aromatic rings. The molecular weight excluding hydrogens is 434 g/mol. The average molecular weight is 472 g/mol. The molecule has 3 aliphatic heterocycles. The second kappa shape index (κ2) is 11.1. The smallest absolute Gasteiger partial charge is 0.227 e. The minimum absolute atomic E-state index is 0.0327. The number of amides is 3. The Labute approximate surface area is 202 Å².